The van der Waals surface area contributed by atoms with Gasteiger partial charge in [0.2, 0.25) is 0 Å². The summed E-state index contributed by atoms with van der Waals surface area (Å²) in [6.07, 6.45) is 8.09. The molecule has 34 heavy (non-hydrogen) atoms. The van der Waals surface area contributed by atoms with Gasteiger partial charge in [-0.25, -0.2) is 4.79 Å². The van der Waals surface area contributed by atoms with Crippen LogP contribution in [0.25, 0.3) is 5.57 Å². The van der Waals surface area contributed by atoms with Crippen LogP contribution in [0.5, 0.6) is 5.75 Å². The number of carbonyl (C=O) groups is 1. The molecule has 0 aromatic heterocycles. The van der Waals surface area contributed by atoms with E-state index in [4.69, 9.17) is 4.74 Å². The Balaban J connectivity index is 2.09. The maximum Gasteiger partial charge on any atom is 0.335 e. The third-order valence-corrected chi connectivity index (χ3v) is 6.88. The van der Waals surface area contributed by atoms with Gasteiger partial charge < -0.3 is 14.7 Å². The number of hydrogen-bond donors (Lipinski definition) is 1. The summed E-state index contributed by atoms with van der Waals surface area (Å²) in [6, 6.07) is 11.7. The molecule has 3 rings (SSSR count). The number of benzene rings is 2. The highest BCUT2D eigenvalue weighted by Gasteiger charge is 2.31. The Labute approximate surface area is 205 Å². The summed E-state index contributed by atoms with van der Waals surface area (Å²) < 4.78 is 6.45. The largest absolute Gasteiger partial charge is 0.491 e. The normalized spacial score (nSPS) is 14.5. The lowest BCUT2D eigenvalue weighted by Crippen LogP contribution is -2.24. The molecule has 0 atom stereocenters. The molecule has 0 bridgehead atoms. The quantitative estimate of drug-likeness (QED) is 0.341. The zero-order valence-electron chi connectivity index (χ0n) is 21.8. The molecule has 0 radical (unpaired) electrons. The van der Waals surface area contributed by atoms with Crippen LogP contribution in [-0.4, -0.2) is 24.2 Å². The molecule has 0 spiro atoms. The van der Waals surface area contributed by atoms with Gasteiger partial charge in [0, 0.05) is 12.2 Å². The topological polar surface area (TPSA) is 49.8 Å². The SMILES string of the molecule is CCCCCCOc1cc2c(cc1N(CC)c1ccc(C(=O)O)cc1)C(C(C)C)=CCC2(C)C. The van der Waals surface area contributed by atoms with E-state index in [-0.39, 0.29) is 5.41 Å². The summed E-state index contributed by atoms with van der Waals surface area (Å²) in [7, 11) is 0. The lowest BCUT2D eigenvalue weighted by Gasteiger charge is -2.36. The summed E-state index contributed by atoms with van der Waals surface area (Å²) in [5.41, 5.74) is 6.40. The number of ether oxygens (including phenoxy) is 1. The predicted molar refractivity (Wildman–Crippen MR) is 143 cm³/mol. The number of allylic oxidation sites excluding steroid dienone is 2. The van der Waals surface area contributed by atoms with Crippen LogP contribution < -0.4 is 9.64 Å². The molecular weight excluding hydrogens is 422 g/mol. The fourth-order valence-electron chi connectivity index (χ4n) is 4.81. The van der Waals surface area contributed by atoms with E-state index in [1.54, 1.807) is 12.1 Å². The van der Waals surface area contributed by atoms with Crippen molar-refractivity contribution >= 4 is 22.9 Å². The van der Waals surface area contributed by atoms with Gasteiger partial charge in [-0.1, -0.05) is 60.0 Å². The zero-order valence-corrected chi connectivity index (χ0v) is 21.8. The van der Waals surface area contributed by atoms with Gasteiger partial charge in [0.1, 0.15) is 5.75 Å². The molecule has 0 saturated carbocycles. The first-order valence-electron chi connectivity index (χ1n) is 12.8. The Morgan fingerprint density at radius 3 is 2.38 bits per heavy atom. The van der Waals surface area contributed by atoms with E-state index in [1.165, 1.54) is 36.0 Å². The number of unbranched alkanes of at least 4 members (excludes halogenated alkanes) is 3. The number of anilines is 2. The van der Waals surface area contributed by atoms with Crippen molar-refractivity contribution in [3.8, 4) is 5.75 Å². The van der Waals surface area contributed by atoms with E-state index in [0.29, 0.717) is 18.1 Å². The number of nitrogens with zero attached hydrogens (tertiary/aromatic N) is 1. The molecule has 0 aliphatic heterocycles. The van der Waals surface area contributed by atoms with Crippen LogP contribution in [0.4, 0.5) is 11.4 Å². The van der Waals surface area contributed by atoms with Crippen LogP contribution in [0, 0.1) is 5.92 Å². The minimum atomic E-state index is -0.909. The van der Waals surface area contributed by atoms with E-state index in [1.807, 2.05) is 12.1 Å². The molecule has 0 saturated heterocycles. The van der Waals surface area contributed by atoms with Crippen molar-refractivity contribution in [2.45, 2.75) is 79.1 Å². The molecule has 1 aliphatic carbocycles. The van der Waals surface area contributed by atoms with E-state index < -0.39 is 5.97 Å². The molecule has 4 heteroatoms. The number of carboxylic acid groups (broad SMARTS) is 1. The molecule has 2 aromatic carbocycles. The highest BCUT2D eigenvalue weighted by molar-refractivity contribution is 5.88. The molecule has 0 unspecified atom stereocenters. The molecule has 4 nitrogen and oxygen atoms in total. The molecule has 184 valence electrons. The number of fused-ring (bicyclic) bond motifs is 1. The average molecular weight is 464 g/mol. The molecule has 1 N–H and O–H groups in total. The summed E-state index contributed by atoms with van der Waals surface area (Å²) >= 11 is 0. The lowest BCUT2D eigenvalue weighted by molar-refractivity contribution is 0.0697. The van der Waals surface area contributed by atoms with Gasteiger partial charge in [0.05, 0.1) is 17.9 Å². The van der Waals surface area contributed by atoms with Gasteiger partial charge in [-0.3, -0.25) is 0 Å². The van der Waals surface area contributed by atoms with Gasteiger partial charge in [0.15, 0.2) is 0 Å². The van der Waals surface area contributed by atoms with Crippen molar-refractivity contribution in [2.75, 3.05) is 18.1 Å². The fourth-order valence-corrected chi connectivity index (χ4v) is 4.81. The summed E-state index contributed by atoms with van der Waals surface area (Å²) in [5, 5.41) is 9.31. The van der Waals surface area contributed by atoms with Crippen LogP contribution in [0.1, 0.15) is 95.1 Å². The summed E-state index contributed by atoms with van der Waals surface area (Å²) in [6.45, 7) is 14.9. The number of rotatable bonds is 11. The Kier molecular flexibility index (Phi) is 8.46. The van der Waals surface area contributed by atoms with Crippen molar-refractivity contribution < 1.29 is 14.6 Å². The Bertz CT molecular complexity index is 1020. The van der Waals surface area contributed by atoms with E-state index in [2.05, 4.69) is 64.7 Å². The smallest absolute Gasteiger partial charge is 0.335 e. The standard InChI is InChI=1S/C30H41NO3/c1-7-9-10-11-18-34-28-20-26-25(24(21(3)4)16-17-30(26,5)6)19-27(28)31(8-2)23-14-12-22(13-15-23)29(32)33/h12-16,19-21H,7-11,17-18H2,1-6H3,(H,32,33). The Hall–Kier alpha value is -2.75. The zero-order chi connectivity index (χ0) is 24.9. The van der Waals surface area contributed by atoms with Crippen molar-refractivity contribution in [3.63, 3.8) is 0 Å². The number of carboxylic acids is 1. The molecule has 0 amide bonds. The maximum absolute atomic E-state index is 11.4. The van der Waals surface area contributed by atoms with Crippen molar-refractivity contribution in [2.24, 2.45) is 5.92 Å². The second kappa shape index (κ2) is 11.1. The highest BCUT2D eigenvalue weighted by atomic mass is 16.5. The van der Waals surface area contributed by atoms with E-state index in [0.717, 1.165) is 36.5 Å². The lowest BCUT2D eigenvalue weighted by atomic mass is 9.71. The molecular formula is C30H41NO3. The maximum atomic E-state index is 11.4. The van der Waals surface area contributed by atoms with Crippen LogP contribution in [0.15, 0.2) is 42.5 Å². The molecule has 2 aromatic rings. The first-order chi connectivity index (χ1) is 16.2. The first-order valence-corrected chi connectivity index (χ1v) is 12.8. The van der Waals surface area contributed by atoms with Crippen molar-refractivity contribution in [1.29, 1.82) is 0 Å². The van der Waals surface area contributed by atoms with Gasteiger partial charge >= 0.3 is 5.97 Å². The van der Waals surface area contributed by atoms with Crippen molar-refractivity contribution in [3.05, 3.63) is 59.2 Å². The minimum Gasteiger partial charge on any atom is -0.491 e. The van der Waals surface area contributed by atoms with E-state index in [9.17, 15) is 9.90 Å². The molecule has 0 heterocycles. The van der Waals surface area contributed by atoms with Gasteiger partial charge in [-0.2, -0.15) is 0 Å². The monoisotopic (exact) mass is 463 g/mol. The fraction of sp³-hybridized carbons (Fsp3) is 0.500. The third kappa shape index (κ3) is 5.65. The van der Waals surface area contributed by atoms with Crippen molar-refractivity contribution in [1.82, 2.24) is 0 Å². The predicted octanol–water partition coefficient (Wildman–Crippen LogP) is 8.22. The van der Waals surface area contributed by atoms with E-state index >= 15 is 0 Å². The van der Waals surface area contributed by atoms with Gasteiger partial charge in [-0.05, 0) is 84.2 Å². The Morgan fingerprint density at radius 2 is 1.79 bits per heavy atom. The van der Waals surface area contributed by atoms with Crippen LogP contribution in [0.3, 0.4) is 0 Å². The Morgan fingerprint density at radius 1 is 1.09 bits per heavy atom. The van der Waals surface area contributed by atoms with Gasteiger partial charge in [-0.15, -0.1) is 0 Å². The summed E-state index contributed by atoms with van der Waals surface area (Å²) in [5.74, 6) is 0.444. The van der Waals surface area contributed by atoms with Gasteiger partial charge in [0.25, 0.3) is 0 Å². The third-order valence-electron chi connectivity index (χ3n) is 6.88. The number of aromatic carboxylic acids is 1. The average Bonchev–Trinajstić information content (AvgIpc) is 2.80. The minimum absolute atomic E-state index is 0.0484. The first kappa shape index (κ1) is 25.9. The van der Waals surface area contributed by atoms with Crippen LogP contribution in [0.2, 0.25) is 0 Å². The highest BCUT2D eigenvalue weighted by Crippen LogP contribution is 2.47. The molecule has 1 aliphatic rings. The number of hydrogen-bond acceptors (Lipinski definition) is 3. The molecule has 0 fully saturated rings. The second-order valence-electron chi connectivity index (χ2n) is 10.3. The van der Waals surface area contributed by atoms with Crippen LogP contribution in [-0.2, 0) is 5.41 Å². The second-order valence-corrected chi connectivity index (χ2v) is 10.3. The van der Waals surface area contributed by atoms with Crippen LogP contribution >= 0.6 is 0 Å². The summed E-state index contributed by atoms with van der Waals surface area (Å²) in [4.78, 5) is 13.6.